The normalized spacial score (nSPS) is 18.0. The zero-order valence-corrected chi connectivity index (χ0v) is 5.03. The predicted molar refractivity (Wildman–Crippen MR) is 26.8 cm³/mol. The van der Waals surface area contributed by atoms with E-state index in [1.807, 2.05) is 0 Å². The summed E-state index contributed by atoms with van der Waals surface area (Å²) in [7, 11) is 0. The van der Waals surface area contributed by atoms with E-state index in [-0.39, 0.29) is 0 Å². The van der Waals surface area contributed by atoms with E-state index in [0.29, 0.717) is 6.42 Å². The molecule has 0 saturated carbocycles. The van der Waals surface area contributed by atoms with E-state index in [2.05, 4.69) is 4.94 Å². The van der Waals surface area contributed by atoms with Gasteiger partial charge in [0, 0.05) is 0 Å². The van der Waals surface area contributed by atoms with Crippen LogP contribution >= 0.6 is 0 Å². The second-order valence-electron chi connectivity index (χ2n) is 1.72. The Bertz CT molecular complexity index is 50.4. The average molecular weight is 124 g/mol. The van der Waals surface area contributed by atoms with Gasteiger partial charge in [0.15, 0.2) is 0 Å². The van der Waals surface area contributed by atoms with Gasteiger partial charge in [-0.05, 0) is 17.9 Å². The van der Waals surface area contributed by atoms with E-state index in [0.717, 1.165) is 0 Å². The average Bonchev–Trinajstić information content (AvgIpc) is 1.84. The van der Waals surface area contributed by atoms with Crippen molar-refractivity contribution in [2.75, 3.05) is 0 Å². The Morgan fingerprint density at radius 2 is 2.12 bits per heavy atom. The molecule has 0 radical (unpaired) electrons. The summed E-state index contributed by atoms with van der Waals surface area (Å²) < 4.78 is 23.2. The minimum Gasteiger partial charge on any atom is -0.245 e. The highest BCUT2D eigenvalue weighted by atomic mass is 19.3. The smallest absolute Gasteiger partial charge is 0.129 e. The van der Waals surface area contributed by atoms with Crippen molar-refractivity contribution in [2.45, 2.75) is 32.5 Å². The molecular formula is C5H10F2O. The van der Waals surface area contributed by atoms with Crippen molar-refractivity contribution < 1.29 is 13.9 Å². The first-order valence-corrected chi connectivity index (χ1v) is 2.63. The molecule has 3 heteroatoms. The van der Waals surface area contributed by atoms with Crippen LogP contribution in [0.15, 0.2) is 0 Å². The van der Waals surface area contributed by atoms with Crippen LogP contribution in [0.25, 0.3) is 0 Å². The van der Waals surface area contributed by atoms with Gasteiger partial charge in [0.1, 0.15) is 12.3 Å². The largest absolute Gasteiger partial charge is 0.245 e. The Morgan fingerprint density at radius 3 is 2.25 bits per heavy atom. The highest BCUT2D eigenvalue weighted by Gasteiger charge is 2.14. The molecule has 0 aliphatic rings. The maximum atomic E-state index is 12.2. The van der Waals surface area contributed by atoms with Gasteiger partial charge in [0.25, 0.3) is 0 Å². The van der Waals surface area contributed by atoms with Gasteiger partial charge < -0.3 is 0 Å². The van der Waals surface area contributed by atoms with Crippen LogP contribution in [0.3, 0.4) is 0 Å². The molecule has 0 N–H and O–H groups in total. The van der Waals surface area contributed by atoms with Crippen LogP contribution in [0, 0.1) is 0 Å². The predicted octanol–water partition coefficient (Wildman–Crippen LogP) is 2.02. The zero-order chi connectivity index (χ0) is 6.57. The van der Waals surface area contributed by atoms with Crippen molar-refractivity contribution in [2.24, 2.45) is 0 Å². The minimum absolute atomic E-state index is 0.297. The van der Waals surface area contributed by atoms with E-state index in [9.17, 15) is 8.92 Å². The molecule has 8 heavy (non-hydrogen) atoms. The van der Waals surface area contributed by atoms with Gasteiger partial charge in [0.05, 0.1) is 0 Å². The number of halogens is 2. The first-order valence-electron chi connectivity index (χ1n) is 2.63. The summed E-state index contributed by atoms with van der Waals surface area (Å²) in [4.78, 5) is 3.23. The molecule has 2 atom stereocenters. The molecule has 50 valence electrons. The highest BCUT2D eigenvalue weighted by Crippen LogP contribution is 2.06. The molecule has 0 bridgehead atoms. The van der Waals surface area contributed by atoms with Crippen LogP contribution in [-0.4, -0.2) is 12.3 Å². The number of alkyl halides is 1. The van der Waals surface area contributed by atoms with Crippen LogP contribution < -0.4 is 0 Å². The molecule has 0 spiro atoms. The number of hydrogen-bond acceptors (Lipinski definition) is 1. The van der Waals surface area contributed by atoms with Crippen molar-refractivity contribution in [1.29, 1.82) is 0 Å². The van der Waals surface area contributed by atoms with Crippen molar-refractivity contribution in [1.82, 2.24) is 0 Å². The topological polar surface area (TPSA) is 9.23 Å². The molecule has 0 saturated heterocycles. The quantitative estimate of drug-likeness (QED) is 0.559. The third kappa shape index (κ3) is 2.21. The third-order valence-corrected chi connectivity index (χ3v) is 1.04. The lowest BCUT2D eigenvalue weighted by Crippen LogP contribution is -2.17. The highest BCUT2D eigenvalue weighted by molar-refractivity contribution is 4.59. The summed E-state index contributed by atoms with van der Waals surface area (Å²) in [5.41, 5.74) is 0. The molecule has 0 heterocycles. The van der Waals surface area contributed by atoms with Crippen molar-refractivity contribution in [3.8, 4) is 0 Å². The Balaban J connectivity index is 3.29. The van der Waals surface area contributed by atoms with Crippen LogP contribution in [-0.2, 0) is 4.94 Å². The Morgan fingerprint density at radius 1 is 1.62 bits per heavy atom. The Labute approximate surface area is 47.5 Å². The molecule has 0 aliphatic carbocycles. The number of hydrogen-bond donors (Lipinski definition) is 0. The molecule has 0 amide bonds. The second kappa shape index (κ2) is 3.78. The summed E-state index contributed by atoms with van der Waals surface area (Å²) in [5.74, 6) is 0. The molecule has 0 aromatic carbocycles. The summed E-state index contributed by atoms with van der Waals surface area (Å²) in [6.45, 7) is 2.99. The van der Waals surface area contributed by atoms with Crippen LogP contribution in [0.4, 0.5) is 8.92 Å². The Kier molecular flexibility index (Phi) is 3.69. The summed E-state index contributed by atoms with van der Waals surface area (Å²) in [6, 6.07) is 0. The molecule has 0 rings (SSSR count). The molecular weight excluding hydrogens is 114 g/mol. The second-order valence-corrected chi connectivity index (χ2v) is 1.72. The fourth-order valence-corrected chi connectivity index (χ4v) is 0.388. The SMILES string of the molecule is CCC(F)C(C)OF. The third-order valence-electron chi connectivity index (χ3n) is 1.04. The molecule has 0 aromatic heterocycles. The van der Waals surface area contributed by atoms with Gasteiger partial charge in [-0.2, -0.15) is 4.94 Å². The lowest BCUT2D eigenvalue weighted by molar-refractivity contribution is -0.191. The molecule has 0 aromatic rings. The first kappa shape index (κ1) is 7.82. The summed E-state index contributed by atoms with van der Waals surface area (Å²) in [6.07, 6.45) is -1.80. The lowest BCUT2D eigenvalue weighted by atomic mass is 10.2. The van der Waals surface area contributed by atoms with Crippen LogP contribution in [0.1, 0.15) is 20.3 Å². The van der Waals surface area contributed by atoms with Crippen molar-refractivity contribution >= 4 is 0 Å². The fourth-order valence-electron chi connectivity index (χ4n) is 0.388. The van der Waals surface area contributed by atoms with Gasteiger partial charge >= 0.3 is 0 Å². The van der Waals surface area contributed by atoms with Crippen molar-refractivity contribution in [3.05, 3.63) is 0 Å². The van der Waals surface area contributed by atoms with Crippen molar-refractivity contribution in [3.63, 3.8) is 0 Å². The molecule has 2 unspecified atom stereocenters. The maximum absolute atomic E-state index is 12.2. The standard InChI is InChI=1S/C5H10F2O/c1-3-5(6)4(2)8-7/h4-5H,3H2,1-2H3. The van der Waals surface area contributed by atoms with Gasteiger partial charge in [-0.15, -0.1) is 0 Å². The van der Waals surface area contributed by atoms with Crippen LogP contribution in [0.2, 0.25) is 0 Å². The maximum Gasteiger partial charge on any atom is 0.129 e. The van der Waals surface area contributed by atoms with Gasteiger partial charge in [-0.1, -0.05) is 6.92 Å². The summed E-state index contributed by atoms with van der Waals surface area (Å²) >= 11 is 0. The fraction of sp³-hybridized carbons (Fsp3) is 1.00. The van der Waals surface area contributed by atoms with E-state index in [4.69, 9.17) is 0 Å². The lowest BCUT2D eigenvalue weighted by Gasteiger charge is -2.07. The van der Waals surface area contributed by atoms with Gasteiger partial charge in [0.2, 0.25) is 0 Å². The monoisotopic (exact) mass is 124 g/mol. The molecule has 1 nitrogen and oxygen atoms in total. The van der Waals surface area contributed by atoms with Crippen LogP contribution in [0.5, 0.6) is 0 Å². The molecule has 0 fully saturated rings. The van der Waals surface area contributed by atoms with E-state index in [1.54, 1.807) is 6.92 Å². The Hall–Kier alpha value is -0.180. The van der Waals surface area contributed by atoms with Gasteiger partial charge in [-0.3, -0.25) is 0 Å². The first-order chi connectivity index (χ1) is 3.72. The van der Waals surface area contributed by atoms with Gasteiger partial charge in [-0.25, -0.2) is 4.39 Å². The molecule has 0 aliphatic heterocycles. The number of rotatable bonds is 3. The van der Waals surface area contributed by atoms with E-state index in [1.165, 1.54) is 6.92 Å². The minimum atomic E-state index is -1.18. The summed E-state index contributed by atoms with van der Waals surface area (Å²) in [5, 5.41) is 0. The van der Waals surface area contributed by atoms with E-state index < -0.39 is 12.3 Å². The van der Waals surface area contributed by atoms with E-state index >= 15 is 0 Å². The zero-order valence-electron chi connectivity index (χ0n) is 5.03.